The predicted molar refractivity (Wildman–Crippen MR) is 82.1 cm³/mol. The molecular formula is C15H18ClN3O2. The molecule has 0 unspecified atom stereocenters. The summed E-state index contributed by atoms with van der Waals surface area (Å²) in [6, 6.07) is 4.11. The molecule has 0 saturated carbocycles. The summed E-state index contributed by atoms with van der Waals surface area (Å²) in [4.78, 5) is 12.5. The highest BCUT2D eigenvalue weighted by Gasteiger charge is 2.16. The molecule has 0 fully saturated rings. The van der Waals surface area contributed by atoms with Crippen molar-refractivity contribution in [3.63, 3.8) is 0 Å². The summed E-state index contributed by atoms with van der Waals surface area (Å²) in [6.45, 7) is 7.81. The number of hydrogen-bond donors (Lipinski definition) is 0. The molecule has 0 amide bonds. The number of aryl methyl sites for hydroxylation is 1. The molecular weight excluding hydrogens is 290 g/mol. The topological polar surface area (TPSA) is 57.1 Å². The van der Waals surface area contributed by atoms with Crippen molar-refractivity contribution in [1.29, 1.82) is 0 Å². The number of ether oxygens (including phenoxy) is 2. The first kappa shape index (κ1) is 15.5. The second kappa shape index (κ2) is 6.26. The molecule has 0 radical (unpaired) electrons. The van der Waals surface area contributed by atoms with Gasteiger partial charge < -0.3 is 9.47 Å². The van der Waals surface area contributed by atoms with E-state index in [0.717, 1.165) is 22.4 Å². The first-order chi connectivity index (χ1) is 9.92. The van der Waals surface area contributed by atoms with Crippen molar-refractivity contribution in [2.24, 2.45) is 0 Å². The van der Waals surface area contributed by atoms with Crippen LogP contribution in [0.25, 0.3) is 11.4 Å². The Morgan fingerprint density at radius 1 is 1.10 bits per heavy atom. The average molecular weight is 308 g/mol. The van der Waals surface area contributed by atoms with Crippen LogP contribution >= 0.6 is 11.6 Å². The van der Waals surface area contributed by atoms with E-state index in [-0.39, 0.29) is 17.4 Å². The van der Waals surface area contributed by atoms with Crippen LogP contribution in [-0.2, 0) is 0 Å². The normalized spacial score (nSPS) is 10.8. The lowest BCUT2D eigenvalue weighted by Gasteiger charge is -2.13. The highest BCUT2D eigenvalue weighted by molar-refractivity contribution is 6.28. The molecule has 6 heteroatoms. The molecule has 5 nitrogen and oxygen atoms in total. The lowest BCUT2D eigenvalue weighted by molar-refractivity contribution is 0.222. The van der Waals surface area contributed by atoms with E-state index in [0.29, 0.717) is 5.82 Å². The number of nitrogens with zero attached hydrogens (tertiary/aromatic N) is 3. The maximum absolute atomic E-state index is 5.97. The van der Waals surface area contributed by atoms with Gasteiger partial charge in [0, 0.05) is 0 Å². The Kier molecular flexibility index (Phi) is 4.63. The van der Waals surface area contributed by atoms with E-state index in [1.807, 2.05) is 39.8 Å². The van der Waals surface area contributed by atoms with Crippen LogP contribution in [0.1, 0.15) is 25.0 Å². The summed E-state index contributed by atoms with van der Waals surface area (Å²) in [7, 11) is 1.62. The van der Waals surface area contributed by atoms with Crippen molar-refractivity contribution < 1.29 is 9.47 Å². The summed E-state index contributed by atoms with van der Waals surface area (Å²) >= 11 is 5.97. The monoisotopic (exact) mass is 307 g/mol. The van der Waals surface area contributed by atoms with Crippen LogP contribution in [0.3, 0.4) is 0 Å². The van der Waals surface area contributed by atoms with Crippen molar-refractivity contribution in [1.82, 2.24) is 15.0 Å². The van der Waals surface area contributed by atoms with Crippen molar-refractivity contribution in [2.45, 2.75) is 33.8 Å². The Balaban J connectivity index is 2.56. The fourth-order valence-corrected chi connectivity index (χ4v) is 2.10. The van der Waals surface area contributed by atoms with Crippen LogP contribution in [0.4, 0.5) is 0 Å². The van der Waals surface area contributed by atoms with Gasteiger partial charge in [-0.3, -0.25) is 0 Å². The Bertz CT molecular complexity index is 660. The quantitative estimate of drug-likeness (QED) is 0.863. The molecule has 112 valence electrons. The zero-order valence-electron chi connectivity index (χ0n) is 12.8. The van der Waals surface area contributed by atoms with Crippen LogP contribution in [0, 0.1) is 13.8 Å². The van der Waals surface area contributed by atoms with Gasteiger partial charge in [-0.25, -0.2) is 0 Å². The molecule has 0 aliphatic carbocycles. The minimum atomic E-state index is -0.0435. The van der Waals surface area contributed by atoms with E-state index in [9.17, 15) is 0 Å². The summed E-state index contributed by atoms with van der Waals surface area (Å²) < 4.78 is 11.0. The third-order valence-corrected chi connectivity index (χ3v) is 3.22. The minimum Gasteiger partial charge on any atom is -0.496 e. The fraction of sp³-hybridized carbons (Fsp3) is 0.400. The lowest BCUT2D eigenvalue weighted by Crippen LogP contribution is -2.10. The summed E-state index contributed by atoms with van der Waals surface area (Å²) in [5.74, 6) is 1.17. The first-order valence-electron chi connectivity index (χ1n) is 6.65. The number of benzene rings is 1. The number of hydrogen-bond acceptors (Lipinski definition) is 5. The number of halogens is 1. The molecule has 0 saturated heterocycles. The molecule has 1 heterocycles. The van der Waals surface area contributed by atoms with Crippen LogP contribution < -0.4 is 9.47 Å². The first-order valence-corrected chi connectivity index (χ1v) is 7.03. The average Bonchev–Trinajstić information content (AvgIpc) is 2.40. The molecule has 0 bridgehead atoms. The summed E-state index contributed by atoms with van der Waals surface area (Å²) in [5, 5.41) is 0.0935. The molecule has 0 aliphatic rings. The SMILES string of the molecule is COc1c(-c2nc(Cl)nc(OC(C)C)n2)ccc(C)c1C. The maximum atomic E-state index is 5.97. The van der Waals surface area contributed by atoms with E-state index >= 15 is 0 Å². The molecule has 0 aliphatic heterocycles. The third kappa shape index (κ3) is 3.42. The lowest BCUT2D eigenvalue weighted by atomic mass is 10.0. The molecule has 0 N–H and O–H groups in total. The fourth-order valence-electron chi connectivity index (χ4n) is 1.95. The molecule has 1 aromatic carbocycles. The highest BCUT2D eigenvalue weighted by atomic mass is 35.5. The highest BCUT2D eigenvalue weighted by Crippen LogP contribution is 2.33. The second-order valence-electron chi connectivity index (χ2n) is 4.97. The van der Waals surface area contributed by atoms with Crippen LogP contribution in [0.15, 0.2) is 12.1 Å². The number of rotatable bonds is 4. The van der Waals surface area contributed by atoms with Crippen LogP contribution in [-0.4, -0.2) is 28.2 Å². The van der Waals surface area contributed by atoms with Crippen LogP contribution in [0.2, 0.25) is 5.28 Å². The van der Waals surface area contributed by atoms with Crippen molar-refractivity contribution in [2.75, 3.05) is 7.11 Å². The Morgan fingerprint density at radius 3 is 2.43 bits per heavy atom. The minimum absolute atomic E-state index is 0.0435. The van der Waals surface area contributed by atoms with Gasteiger partial charge in [0.1, 0.15) is 5.75 Å². The van der Waals surface area contributed by atoms with Crippen molar-refractivity contribution >= 4 is 11.6 Å². The molecule has 2 rings (SSSR count). The van der Waals surface area contributed by atoms with Crippen molar-refractivity contribution in [3.8, 4) is 23.1 Å². The van der Waals surface area contributed by atoms with Gasteiger partial charge >= 0.3 is 6.01 Å². The van der Waals surface area contributed by atoms with E-state index in [2.05, 4.69) is 15.0 Å². The molecule has 2 aromatic rings. The smallest absolute Gasteiger partial charge is 0.321 e. The Hall–Kier alpha value is -1.88. The van der Waals surface area contributed by atoms with Gasteiger partial charge in [0.15, 0.2) is 5.82 Å². The summed E-state index contributed by atoms with van der Waals surface area (Å²) in [5.41, 5.74) is 2.94. The van der Waals surface area contributed by atoms with Gasteiger partial charge in [0.05, 0.1) is 18.8 Å². The van der Waals surface area contributed by atoms with Gasteiger partial charge in [0.2, 0.25) is 5.28 Å². The molecule has 0 spiro atoms. The van der Waals surface area contributed by atoms with Gasteiger partial charge in [-0.15, -0.1) is 0 Å². The predicted octanol–water partition coefficient (Wildman–Crippen LogP) is 3.60. The van der Waals surface area contributed by atoms with E-state index in [4.69, 9.17) is 21.1 Å². The molecule has 0 atom stereocenters. The summed E-state index contributed by atoms with van der Waals surface area (Å²) in [6.07, 6.45) is -0.0435. The van der Waals surface area contributed by atoms with Crippen molar-refractivity contribution in [3.05, 3.63) is 28.5 Å². The zero-order valence-corrected chi connectivity index (χ0v) is 13.5. The van der Waals surface area contributed by atoms with Gasteiger partial charge in [0.25, 0.3) is 0 Å². The maximum Gasteiger partial charge on any atom is 0.321 e. The zero-order chi connectivity index (χ0) is 15.6. The standard InChI is InChI=1S/C15H18ClN3O2/c1-8(2)21-15-18-13(17-14(16)19-15)11-7-6-9(3)10(4)12(11)20-5/h6-8H,1-5H3. The largest absolute Gasteiger partial charge is 0.496 e. The Labute approximate surface area is 129 Å². The second-order valence-corrected chi connectivity index (χ2v) is 5.30. The van der Waals surface area contributed by atoms with Gasteiger partial charge in [-0.2, -0.15) is 15.0 Å². The Morgan fingerprint density at radius 2 is 1.81 bits per heavy atom. The van der Waals surface area contributed by atoms with Crippen LogP contribution in [0.5, 0.6) is 11.8 Å². The number of methoxy groups -OCH3 is 1. The van der Waals surface area contributed by atoms with Gasteiger partial charge in [-0.1, -0.05) is 6.07 Å². The third-order valence-electron chi connectivity index (χ3n) is 3.05. The van der Waals surface area contributed by atoms with E-state index < -0.39 is 0 Å². The molecule has 1 aromatic heterocycles. The number of aromatic nitrogens is 3. The molecule has 21 heavy (non-hydrogen) atoms. The van der Waals surface area contributed by atoms with Gasteiger partial charge in [-0.05, 0) is 56.5 Å². The van der Waals surface area contributed by atoms with E-state index in [1.165, 1.54) is 0 Å². The van der Waals surface area contributed by atoms with E-state index in [1.54, 1.807) is 7.11 Å².